The minimum atomic E-state index is -0.0411. The molecule has 0 fully saturated rings. The molecule has 4 heteroatoms. The van der Waals surface area contributed by atoms with Crippen molar-refractivity contribution >= 4 is 11.6 Å². The maximum atomic E-state index is 8.73. The first-order chi connectivity index (χ1) is 4.33. The zero-order valence-corrected chi connectivity index (χ0v) is 5.34. The monoisotopic (exact) mass is 144 g/mol. The molecule has 0 spiro atoms. The number of alkyl halides is 1. The second kappa shape index (κ2) is 2.64. The van der Waals surface area contributed by atoms with E-state index in [-0.39, 0.29) is 11.8 Å². The van der Waals surface area contributed by atoms with Gasteiger partial charge in [0.1, 0.15) is 5.82 Å². The quantitative estimate of drug-likeness (QED) is 0.597. The van der Waals surface area contributed by atoms with Crippen molar-refractivity contribution in [1.29, 1.82) is 0 Å². The van der Waals surface area contributed by atoms with E-state index in [0.29, 0.717) is 5.82 Å². The highest BCUT2D eigenvalue weighted by atomic mass is 35.5. The summed E-state index contributed by atoms with van der Waals surface area (Å²) >= 11 is 5.36. The van der Waals surface area contributed by atoms with Gasteiger partial charge in [0, 0.05) is 12.3 Å². The molecule has 48 valence electrons. The third-order valence-electron chi connectivity index (χ3n) is 0.810. The van der Waals surface area contributed by atoms with E-state index in [4.69, 9.17) is 16.7 Å². The molecule has 0 unspecified atom stereocenters. The van der Waals surface area contributed by atoms with E-state index >= 15 is 0 Å². The minimum absolute atomic E-state index is 0.0411. The molecule has 1 aromatic rings. The van der Waals surface area contributed by atoms with Crippen molar-refractivity contribution < 1.29 is 5.11 Å². The van der Waals surface area contributed by atoms with Gasteiger partial charge in [-0.2, -0.15) is 4.98 Å². The van der Waals surface area contributed by atoms with Crippen molar-refractivity contribution in [1.82, 2.24) is 9.97 Å². The molecule has 1 heterocycles. The summed E-state index contributed by atoms with van der Waals surface area (Å²) in [6.45, 7) is 0. The third-order valence-corrected chi connectivity index (χ3v) is 1.05. The molecule has 1 aromatic heterocycles. The average Bonchev–Trinajstić information content (AvgIpc) is 1.88. The van der Waals surface area contributed by atoms with Crippen molar-refractivity contribution in [3.63, 3.8) is 0 Å². The van der Waals surface area contributed by atoms with Gasteiger partial charge in [0.2, 0.25) is 5.88 Å². The van der Waals surface area contributed by atoms with Gasteiger partial charge in [-0.1, -0.05) is 0 Å². The van der Waals surface area contributed by atoms with Crippen molar-refractivity contribution in [2.45, 2.75) is 5.88 Å². The Balaban J connectivity index is 2.94. The number of aromatic nitrogens is 2. The molecule has 1 N–H and O–H groups in total. The van der Waals surface area contributed by atoms with E-state index in [1.54, 1.807) is 0 Å². The number of halogens is 1. The summed E-state index contributed by atoms with van der Waals surface area (Å²) in [6, 6.07) is 1.40. The number of rotatable bonds is 1. The maximum Gasteiger partial charge on any atom is 0.214 e. The molecule has 0 radical (unpaired) electrons. The highest BCUT2D eigenvalue weighted by molar-refractivity contribution is 6.16. The number of hydrogen-bond donors (Lipinski definition) is 1. The summed E-state index contributed by atoms with van der Waals surface area (Å²) in [5.74, 6) is 0.631. The lowest BCUT2D eigenvalue weighted by Crippen LogP contribution is -1.87. The predicted octanol–water partition coefficient (Wildman–Crippen LogP) is 0.921. The minimum Gasteiger partial charge on any atom is -0.493 e. The van der Waals surface area contributed by atoms with E-state index < -0.39 is 0 Å². The van der Waals surface area contributed by atoms with Crippen LogP contribution in [0.5, 0.6) is 5.88 Å². The average molecular weight is 145 g/mol. The number of aromatic hydroxyl groups is 1. The third kappa shape index (κ3) is 1.54. The highest BCUT2D eigenvalue weighted by Crippen LogP contribution is 2.02. The Morgan fingerprint density at radius 1 is 1.67 bits per heavy atom. The Kier molecular flexibility index (Phi) is 1.85. The van der Waals surface area contributed by atoms with Crippen molar-refractivity contribution in [2.24, 2.45) is 0 Å². The van der Waals surface area contributed by atoms with Crippen LogP contribution >= 0.6 is 11.6 Å². The molecular weight excluding hydrogens is 140 g/mol. The van der Waals surface area contributed by atoms with E-state index in [0.717, 1.165) is 0 Å². The number of hydrogen-bond acceptors (Lipinski definition) is 3. The first kappa shape index (κ1) is 6.29. The van der Waals surface area contributed by atoms with Crippen LogP contribution in [0.2, 0.25) is 0 Å². The van der Waals surface area contributed by atoms with Gasteiger partial charge in [-0.25, -0.2) is 4.98 Å². The molecule has 0 aromatic carbocycles. The predicted molar refractivity (Wildman–Crippen MR) is 33.3 cm³/mol. The summed E-state index contributed by atoms with van der Waals surface area (Å²) in [5.41, 5.74) is 0. The van der Waals surface area contributed by atoms with E-state index in [1.165, 1.54) is 12.3 Å². The Hall–Kier alpha value is -0.830. The smallest absolute Gasteiger partial charge is 0.214 e. The zero-order valence-electron chi connectivity index (χ0n) is 4.58. The lowest BCUT2D eigenvalue weighted by atomic mass is 10.6. The Labute approximate surface area is 57.3 Å². The van der Waals surface area contributed by atoms with Crippen LogP contribution in [-0.2, 0) is 5.88 Å². The summed E-state index contributed by atoms with van der Waals surface area (Å²) < 4.78 is 0. The molecule has 1 rings (SSSR count). The molecule has 0 saturated carbocycles. The van der Waals surface area contributed by atoms with Crippen LogP contribution in [0.25, 0.3) is 0 Å². The lowest BCUT2D eigenvalue weighted by Gasteiger charge is -1.91. The van der Waals surface area contributed by atoms with Crippen LogP contribution in [0.1, 0.15) is 5.82 Å². The van der Waals surface area contributed by atoms with Gasteiger partial charge in [0.15, 0.2) is 0 Å². The molecular formula is C5H5ClN2O. The van der Waals surface area contributed by atoms with E-state index in [1.807, 2.05) is 0 Å². The topological polar surface area (TPSA) is 46.0 Å². The summed E-state index contributed by atoms with van der Waals surface area (Å²) in [6.07, 6.45) is 1.46. The fraction of sp³-hybridized carbons (Fsp3) is 0.200. The normalized spacial score (nSPS) is 9.44. The van der Waals surface area contributed by atoms with Gasteiger partial charge < -0.3 is 5.11 Å². The van der Waals surface area contributed by atoms with Crippen LogP contribution in [0.4, 0.5) is 0 Å². The van der Waals surface area contributed by atoms with Crippen LogP contribution in [0, 0.1) is 0 Å². The van der Waals surface area contributed by atoms with E-state index in [2.05, 4.69) is 9.97 Å². The first-order valence-electron chi connectivity index (χ1n) is 2.40. The van der Waals surface area contributed by atoms with Crippen molar-refractivity contribution in [3.8, 4) is 5.88 Å². The largest absolute Gasteiger partial charge is 0.493 e. The molecule has 3 nitrogen and oxygen atoms in total. The first-order valence-corrected chi connectivity index (χ1v) is 2.93. The van der Waals surface area contributed by atoms with Crippen molar-refractivity contribution in [3.05, 3.63) is 18.1 Å². The van der Waals surface area contributed by atoms with Crippen LogP contribution in [0.15, 0.2) is 12.3 Å². The molecule has 0 aliphatic carbocycles. The Morgan fingerprint density at radius 3 is 2.89 bits per heavy atom. The summed E-state index contributed by atoms with van der Waals surface area (Å²) in [4.78, 5) is 7.36. The molecule has 0 aliphatic heterocycles. The maximum absolute atomic E-state index is 8.73. The Morgan fingerprint density at radius 2 is 2.44 bits per heavy atom. The Bertz CT molecular complexity index is 204. The van der Waals surface area contributed by atoms with E-state index in [9.17, 15) is 0 Å². The van der Waals surface area contributed by atoms with Gasteiger partial charge in [0.05, 0.1) is 5.88 Å². The lowest BCUT2D eigenvalue weighted by molar-refractivity contribution is 0.450. The second-order valence-electron chi connectivity index (χ2n) is 1.46. The number of nitrogens with zero attached hydrogens (tertiary/aromatic N) is 2. The molecule has 0 atom stereocenters. The van der Waals surface area contributed by atoms with Crippen LogP contribution in [0.3, 0.4) is 0 Å². The molecule has 9 heavy (non-hydrogen) atoms. The summed E-state index contributed by atoms with van der Waals surface area (Å²) in [7, 11) is 0. The highest BCUT2D eigenvalue weighted by Gasteiger charge is 1.92. The van der Waals surface area contributed by atoms with Gasteiger partial charge >= 0.3 is 0 Å². The van der Waals surface area contributed by atoms with Gasteiger partial charge in [-0.3, -0.25) is 0 Å². The van der Waals surface area contributed by atoms with Gasteiger partial charge in [-0.15, -0.1) is 11.6 Å². The molecule has 0 amide bonds. The molecule has 0 saturated heterocycles. The molecule has 0 aliphatic rings. The van der Waals surface area contributed by atoms with Gasteiger partial charge in [-0.05, 0) is 0 Å². The standard InChI is InChI=1S/C5H5ClN2O/c6-3-4-7-2-1-5(9)8-4/h1-2H,3H2,(H,7,8,9). The second-order valence-corrected chi connectivity index (χ2v) is 1.73. The fourth-order valence-corrected chi connectivity index (χ4v) is 0.581. The van der Waals surface area contributed by atoms with Crippen molar-refractivity contribution in [2.75, 3.05) is 0 Å². The fourth-order valence-electron chi connectivity index (χ4n) is 0.453. The zero-order chi connectivity index (χ0) is 6.69. The SMILES string of the molecule is Oc1ccnc(CCl)n1. The van der Waals surface area contributed by atoms with Gasteiger partial charge in [0.25, 0.3) is 0 Å². The molecule has 0 bridgehead atoms. The van der Waals surface area contributed by atoms with Crippen LogP contribution < -0.4 is 0 Å². The van der Waals surface area contributed by atoms with Crippen LogP contribution in [-0.4, -0.2) is 15.1 Å². The summed E-state index contributed by atoms with van der Waals surface area (Å²) in [5, 5.41) is 8.73.